The molecule has 0 bridgehead atoms. The topological polar surface area (TPSA) is 73.8 Å². The van der Waals surface area contributed by atoms with Crippen molar-refractivity contribution < 1.29 is 9.59 Å². The van der Waals surface area contributed by atoms with E-state index in [9.17, 15) is 9.59 Å². The van der Waals surface area contributed by atoms with E-state index in [1.807, 2.05) is 49.3 Å². The van der Waals surface area contributed by atoms with Gasteiger partial charge in [0.05, 0.1) is 11.9 Å². The predicted molar refractivity (Wildman–Crippen MR) is 99.3 cm³/mol. The molecule has 0 saturated carbocycles. The Morgan fingerprint density at radius 1 is 1.04 bits per heavy atom. The molecular weight excluding hydrogens is 372 g/mol. The second-order valence-electron chi connectivity index (χ2n) is 5.12. The molecule has 0 fully saturated rings. The molecule has 0 aromatic heterocycles. The van der Waals surface area contributed by atoms with Crippen LogP contribution in [0.2, 0.25) is 0 Å². The first-order valence-electron chi connectivity index (χ1n) is 7.13. The molecule has 6 nitrogen and oxygen atoms in total. The zero-order valence-corrected chi connectivity index (χ0v) is 14.9. The minimum absolute atomic E-state index is 0.515. The van der Waals surface area contributed by atoms with Gasteiger partial charge in [-0.3, -0.25) is 9.59 Å². The van der Waals surface area contributed by atoms with Gasteiger partial charge in [0.2, 0.25) is 0 Å². The van der Waals surface area contributed by atoms with E-state index >= 15 is 0 Å². The van der Waals surface area contributed by atoms with Crippen LogP contribution in [0.4, 0.5) is 11.4 Å². The number of carbonyl (C=O) groups is 2. The zero-order chi connectivity index (χ0) is 17.5. The molecule has 0 heterocycles. The first-order chi connectivity index (χ1) is 11.5. The Labute approximate surface area is 148 Å². The van der Waals surface area contributed by atoms with Crippen molar-refractivity contribution in [3.05, 3.63) is 58.6 Å². The summed E-state index contributed by atoms with van der Waals surface area (Å²) in [7, 11) is 3.90. The Morgan fingerprint density at radius 3 is 2.33 bits per heavy atom. The van der Waals surface area contributed by atoms with Crippen molar-refractivity contribution in [3.63, 3.8) is 0 Å². The summed E-state index contributed by atoms with van der Waals surface area (Å²) in [5.74, 6) is -1.63. The second kappa shape index (κ2) is 8.26. The van der Waals surface area contributed by atoms with E-state index < -0.39 is 11.8 Å². The molecule has 7 heteroatoms. The molecule has 0 saturated heterocycles. The summed E-state index contributed by atoms with van der Waals surface area (Å²) < 4.78 is 0.690. The molecule has 2 rings (SSSR count). The lowest BCUT2D eigenvalue weighted by molar-refractivity contribution is -0.136. The third-order valence-corrected chi connectivity index (χ3v) is 3.81. The van der Waals surface area contributed by atoms with Crippen LogP contribution in [-0.2, 0) is 9.59 Å². The Hall–Kier alpha value is -2.67. The van der Waals surface area contributed by atoms with E-state index in [1.54, 1.807) is 18.2 Å². The monoisotopic (exact) mass is 388 g/mol. The number of carbonyl (C=O) groups excluding carboxylic acids is 2. The van der Waals surface area contributed by atoms with Gasteiger partial charge in [0.25, 0.3) is 0 Å². The lowest BCUT2D eigenvalue weighted by Gasteiger charge is -2.11. The van der Waals surface area contributed by atoms with Crippen molar-refractivity contribution in [2.45, 2.75) is 0 Å². The fourth-order valence-electron chi connectivity index (χ4n) is 1.82. The molecule has 24 heavy (non-hydrogen) atoms. The average molecular weight is 389 g/mol. The van der Waals surface area contributed by atoms with Gasteiger partial charge in [0.15, 0.2) is 0 Å². The van der Waals surface area contributed by atoms with Crippen LogP contribution in [0.15, 0.2) is 58.1 Å². The quantitative estimate of drug-likeness (QED) is 0.480. The summed E-state index contributed by atoms with van der Waals surface area (Å²) in [4.78, 5) is 25.5. The van der Waals surface area contributed by atoms with Crippen molar-refractivity contribution in [2.24, 2.45) is 5.10 Å². The molecule has 124 valence electrons. The molecule has 0 atom stereocenters. The molecule has 0 spiro atoms. The van der Waals surface area contributed by atoms with E-state index in [4.69, 9.17) is 0 Å². The Kier molecular flexibility index (Phi) is 6.08. The Balaban J connectivity index is 1.90. The van der Waals surface area contributed by atoms with Crippen LogP contribution in [0.3, 0.4) is 0 Å². The van der Waals surface area contributed by atoms with Crippen molar-refractivity contribution >= 4 is 45.3 Å². The summed E-state index contributed by atoms with van der Waals surface area (Å²) in [6, 6.07) is 14.6. The fraction of sp³-hybridized carbons (Fsp3) is 0.118. The van der Waals surface area contributed by atoms with Gasteiger partial charge in [-0.15, -0.1) is 0 Å². The highest BCUT2D eigenvalue weighted by molar-refractivity contribution is 9.10. The Morgan fingerprint density at radius 2 is 1.71 bits per heavy atom. The van der Waals surface area contributed by atoms with Crippen LogP contribution in [0.25, 0.3) is 0 Å². The standard InChI is InChI=1S/C17H17BrN4O2/c1-22(2)13-9-7-12(8-10-13)11-19-21-17(24)16(23)20-15-6-4-3-5-14(15)18/h3-11H,1-2H3,(H,20,23)(H,21,24)/b19-11-. The smallest absolute Gasteiger partial charge is 0.329 e. The second-order valence-corrected chi connectivity index (χ2v) is 5.97. The largest absolute Gasteiger partial charge is 0.378 e. The van der Waals surface area contributed by atoms with E-state index in [1.165, 1.54) is 6.21 Å². The molecule has 0 aliphatic carbocycles. The number of para-hydroxylation sites is 1. The van der Waals surface area contributed by atoms with Crippen LogP contribution < -0.4 is 15.6 Å². The predicted octanol–water partition coefficient (Wildman–Crippen LogP) is 2.60. The molecule has 0 radical (unpaired) electrons. The number of nitrogens with one attached hydrogen (secondary N) is 2. The van der Waals surface area contributed by atoms with Gasteiger partial charge in [-0.25, -0.2) is 5.43 Å². The molecule has 2 aromatic carbocycles. The van der Waals surface area contributed by atoms with Crippen LogP contribution in [0.5, 0.6) is 0 Å². The lowest BCUT2D eigenvalue weighted by Crippen LogP contribution is -2.32. The molecule has 0 unspecified atom stereocenters. The molecule has 2 N–H and O–H groups in total. The van der Waals surface area contributed by atoms with E-state index in [0.717, 1.165) is 11.3 Å². The number of hydrazone groups is 1. The van der Waals surface area contributed by atoms with Crippen LogP contribution >= 0.6 is 15.9 Å². The Bertz CT molecular complexity index is 757. The van der Waals surface area contributed by atoms with Gasteiger partial charge in [-0.1, -0.05) is 24.3 Å². The van der Waals surface area contributed by atoms with E-state index in [-0.39, 0.29) is 0 Å². The van der Waals surface area contributed by atoms with Crippen molar-refractivity contribution in [1.29, 1.82) is 0 Å². The molecule has 2 aromatic rings. The van der Waals surface area contributed by atoms with Crippen LogP contribution in [-0.4, -0.2) is 32.1 Å². The van der Waals surface area contributed by atoms with E-state index in [0.29, 0.717) is 10.2 Å². The highest BCUT2D eigenvalue weighted by atomic mass is 79.9. The first kappa shape index (κ1) is 17.7. The van der Waals surface area contributed by atoms with Crippen LogP contribution in [0.1, 0.15) is 5.56 Å². The third-order valence-electron chi connectivity index (χ3n) is 3.12. The number of benzene rings is 2. The lowest BCUT2D eigenvalue weighted by atomic mass is 10.2. The minimum Gasteiger partial charge on any atom is -0.378 e. The van der Waals surface area contributed by atoms with Crippen molar-refractivity contribution in [2.75, 3.05) is 24.3 Å². The average Bonchev–Trinajstić information content (AvgIpc) is 2.57. The highest BCUT2D eigenvalue weighted by Crippen LogP contribution is 2.20. The number of amides is 2. The maximum atomic E-state index is 11.8. The molecule has 0 aliphatic heterocycles. The highest BCUT2D eigenvalue weighted by Gasteiger charge is 2.13. The fourth-order valence-corrected chi connectivity index (χ4v) is 2.20. The summed E-state index contributed by atoms with van der Waals surface area (Å²) in [6.45, 7) is 0. The number of hydrogen-bond donors (Lipinski definition) is 2. The van der Waals surface area contributed by atoms with E-state index in [2.05, 4.69) is 31.8 Å². The van der Waals surface area contributed by atoms with Crippen molar-refractivity contribution in [1.82, 2.24) is 5.43 Å². The van der Waals surface area contributed by atoms with Gasteiger partial charge < -0.3 is 10.2 Å². The zero-order valence-electron chi connectivity index (χ0n) is 13.3. The number of anilines is 2. The number of halogens is 1. The number of hydrogen-bond acceptors (Lipinski definition) is 4. The summed E-state index contributed by atoms with van der Waals surface area (Å²) in [5, 5.41) is 6.29. The van der Waals surface area contributed by atoms with Gasteiger partial charge in [0.1, 0.15) is 0 Å². The first-order valence-corrected chi connectivity index (χ1v) is 7.93. The maximum absolute atomic E-state index is 11.8. The third kappa shape index (κ3) is 4.92. The van der Waals surface area contributed by atoms with Gasteiger partial charge >= 0.3 is 11.8 Å². The minimum atomic E-state index is -0.841. The number of rotatable bonds is 4. The van der Waals surface area contributed by atoms with Crippen molar-refractivity contribution in [3.8, 4) is 0 Å². The summed E-state index contributed by atoms with van der Waals surface area (Å²) in [5.41, 5.74) is 4.59. The maximum Gasteiger partial charge on any atom is 0.329 e. The SMILES string of the molecule is CN(C)c1ccc(/C=N\NC(=O)C(=O)Nc2ccccc2Br)cc1. The summed E-state index contributed by atoms with van der Waals surface area (Å²) >= 11 is 3.29. The van der Waals surface area contributed by atoms with Gasteiger partial charge in [-0.2, -0.15) is 5.10 Å². The molecule has 0 aliphatic rings. The normalized spacial score (nSPS) is 10.5. The molecule has 2 amide bonds. The van der Waals surface area contributed by atoms with Gasteiger partial charge in [0, 0.05) is 24.3 Å². The number of nitrogens with zero attached hydrogens (tertiary/aromatic N) is 2. The van der Waals surface area contributed by atoms with Crippen LogP contribution in [0, 0.1) is 0 Å². The summed E-state index contributed by atoms with van der Waals surface area (Å²) in [6.07, 6.45) is 1.48. The van der Waals surface area contributed by atoms with Gasteiger partial charge in [-0.05, 0) is 45.8 Å². The molecular formula is C17H17BrN4O2.